The number of aromatic nitrogens is 1. The fraction of sp³-hybridized carbons (Fsp3) is 0.615. The average Bonchev–Trinajstić information content (AvgIpc) is 2.24. The van der Waals surface area contributed by atoms with Gasteiger partial charge in [0.25, 0.3) is 0 Å². The van der Waals surface area contributed by atoms with Crippen LogP contribution in [-0.2, 0) is 0 Å². The van der Waals surface area contributed by atoms with E-state index < -0.39 is 0 Å². The van der Waals surface area contributed by atoms with Gasteiger partial charge < -0.3 is 10.2 Å². The lowest BCUT2D eigenvalue weighted by molar-refractivity contribution is 0.190. The number of anilines is 1. The Morgan fingerprint density at radius 3 is 2.94 bits per heavy atom. The highest BCUT2D eigenvalue weighted by Crippen LogP contribution is 2.18. The van der Waals surface area contributed by atoms with Crippen molar-refractivity contribution in [2.24, 2.45) is 0 Å². The molecule has 0 bridgehead atoms. The summed E-state index contributed by atoms with van der Waals surface area (Å²) in [5.74, 6) is 1.02. The maximum Gasteiger partial charge on any atom is 0.126 e. The molecule has 0 spiro atoms. The number of pyridine rings is 1. The summed E-state index contributed by atoms with van der Waals surface area (Å²) in [7, 11) is 2.20. The Morgan fingerprint density at radius 2 is 2.25 bits per heavy atom. The molecule has 0 aromatic carbocycles. The van der Waals surface area contributed by atoms with Crippen molar-refractivity contribution in [3.05, 3.63) is 23.9 Å². The number of nitrogens with one attached hydrogen (secondary N) is 1. The molecule has 0 amide bonds. The van der Waals surface area contributed by atoms with Crippen LogP contribution in [-0.4, -0.2) is 35.6 Å². The lowest BCUT2D eigenvalue weighted by atomic mass is 9.99. The first-order valence-corrected chi connectivity index (χ1v) is 6.05. The van der Waals surface area contributed by atoms with Gasteiger partial charge in [-0.1, -0.05) is 6.07 Å². The zero-order valence-electron chi connectivity index (χ0n) is 10.4. The molecular formula is C13H21N3. The molecule has 2 atom stereocenters. The Bertz CT molecular complexity index is 351. The molecule has 1 saturated heterocycles. The molecule has 0 radical (unpaired) electrons. The molecule has 3 heteroatoms. The standard InChI is InChI=1S/C13H21N3/c1-10-5-4-6-13(14-10)15-12-7-8-16(3)11(2)9-12/h4-6,11-12H,7-9H2,1-3H3,(H,14,15). The zero-order valence-corrected chi connectivity index (χ0v) is 10.4. The minimum absolute atomic E-state index is 0.570. The van der Waals surface area contributed by atoms with E-state index in [4.69, 9.17) is 0 Å². The van der Waals surface area contributed by atoms with Gasteiger partial charge in [-0.3, -0.25) is 0 Å². The van der Waals surface area contributed by atoms with Gasteiger partial charge in [-0.05, 0) is 45.9 Å². The van der Waals surface area contributed by atoms with Crippen molar-refractivity contribution in [1.82, 2.24) is 9.88 Å². The predicted octanol–water partition coefficient (Wildman–Crippen LogP) is 2.28. The average molecular weight is 219 g/mol. The molecule has 1 aliphatic rings. The van der Waals surface area contributed by atoms with Crippen molar-refractivity contribution in [3.8, 4) is 0 Å². The lowest BCUT2D eigenvalue weighted by Gasteiger charge is -2.35. The summed E-state index contributed by atoms with van der Waals surface area (Å²) in [5, 5.41) is 3.53. The third-order valence-corrected chi connectivity index (χ3v) is 3.45. The molecule has 16 heavy (non-hydrogen) atoms. The van der Waals surface area contributed by atoms with Crippen LogP contribution in [0.25, 0.3) is 0 Å². The number of rotatable bonds is 2. The van der Waals surface area contributed by atoms with E-state index in [1.54, 1.807) is 0 Å². The van der Waals surface area contributed by atoms with Gasteiger partial charge in [0.1, 0.15) is 5.82 Å². The van der Waals surface area contributed by atoms with Crippen molar-refractivity contribution >= 4 is 5.82 Å². The van der Waals surface area contributed by atoms with Gasteiger partial charge >= 0.3 is 0 Å². The van der Waals surface area contributed by atoms with Gasteiger partial charge in [0.2, 0.25) is 0 Å². The van der Waals surface area contributed by atoms with Crippen molar-refractivity contribution in [2.75, 3.05) is 18.9 Å². The summed E-state index contributed by atoms with van der Waals surface area (Å²) in [6, 6.07) is 7.37. The van der Waals surface area contributed by atoms with E-state index in [1.165, 1.54) is 19.4 Å². The smallest absolute Gasteiger partial charge is 0.126 e. The first-order chi connectivity index (χ1) is 7.65. The zero-order chi connectivity index (χ0) is 11.5. The van der Waals surface area contributed by atoms with Gasteiger partial charge in [-0.2, -0.15) is 0 Å². The molecule has 88 valence electrons. The highest BCUT2D eigenvalue weighted by atomic mass is 15.2. The molecule has 2 heterocycles. The van der Waals surface area contributed by atoms with E-state index in [0.29, 0.717) is 12.1 Å². The summed E-state index contributed by atoms with van der Waals surface area (Å²) in [4.78, 5) is 6.91. The topological polar surface area (TPSA) is 28.2 Å². The normalized spacial score (nSPS) is 26.7. The first-order valence-electron chi connectivity index (χ1n) is 6.05. The molecule has 0 aliphatic carbocycles. The molecule has 3 nitrogen and oxygen atoms in total. The van der Waals surface area contributed by atoms with Crippen LogP contribution in [0.4, 0.5) is 5.82 Å². The van der Waals surface area contributed by atoms with Gasteiger partial charge in [0.05, 0.1) is 0 Å². The number of likely N-dealkylation sites (tertiary alicyclic amines) is 1. The Kier molecular flexibility index (Phi) is 3.44. The fourth-order valence-corrected chi connectivity index (χ4v) is 2.25. The van der Waals surface area contributed by atoms with Gasteiger partial charge in [-0.15, -0.1) is 0 Å². The summed E-state index contributed by atoms with van der Waals surface area (Å²) in [6.45, 7) is 5.49. The minimum atomic E-state index is 0.570. The molecule has 2 rings (SSSR count). The highest BCUT2D eigenvalue weighted by Gasteiger charge is 2.22. The van der Waals surface area contributed by atoms with E-state index in [-0.39, 0.29) is 0 Å². The van der Waals surface area contributed by atoms with Crippen LogP contribution in [0.5, 0.6) is 0 Å². The Labute approximate surface area is 97.9 Å². The van der Waals surface area contributed by atoms with Crippen LogP contribution < -0.4 is 5.32 Å². The monoisotopic (exact) mass is 219 g/mol. The lowest BCUT2D eigenvalue weighted by Crippen LogP contribution is -2.42. The molecule has 1 aromatic heterocycles. The number of nitrogens with zero attached hydrogens (tertiary/aromatic N) is 2. The predicted molar refractivity (Wildman–Crippen MR) is 67.7 cm³/mol. The second-order valence-electron chi connectivity index (χ2n) is 4.86. The minimum Gasteiger partial charge on any atom is -0.367 e. The molecule has 1 aromatic rings. The number of aryl methyl sites for hydroxylation is 1. The van der Waals surface area contributed by atoms with E-state index >= 15 is 0 Å². The van der Waals surface area contributed by atoms with Crippen molar-refractivity contribution in [1.29, 1.82) is 0 Å². The number of hydrogen-bond donors (Lipinski definition) is 1. The number of piperidine rings is 1. The number of hydrogen-bond acceptors (Lipinski definition) is 3. The van der Waals surface area contributed by atoms with Crippen molar-refractivity contribution in [2.45, 2.75) is 38.8 Å². The van der Waals surface area contributed by atoms with Crippen molar-refractivity contribution < 1.29 is 0 Å². The van der Waals surface area contributed by atoms with E-state index in [2.05, 4.69) is 41.3 Å². The van der Waals surface area contributed by atoms with E-state index in [1.807, 2.05) is 13.0 Å². The summed E-state index contributed by atoms with van der Waals surface area (Å²) >= 11 is 0. The van der Waals surface area contributed by atoms with Crippen LogP contribution in [0.2, 0.25) is 0 Å². The largest absolute Gasteiger partial charge is 0.367 e. The molecule has 2 unspecified atom stereocenters. The van der Waals surface area contributed by atoms with Crippen LogP contribution in [0.3, 0.4) is 0 Å². The highest BCUT2D eigenvalue weighted by molar-refractivity contribution is 5.36. The second kappa shape index (κ2) is 4.83. The van der Waals surface area contributed by atoms with Crippen LogP contribution in [0.15, 0.2) is 18.2 Å². The second-order valence-corrected chi connectivity index (χ2v) is 4.86. The van der Waals surface area contributed by atoms with Gasteiger partial charge in [0.15, 0.2) is 0 Å². The van der Waals surface area contributed by atoms with E-state index in [9.17, 15) is 0 Å². The van der Waals surface area contributed by atoms with Crippen LogP contribution in [0.1, 0.15) is 25.5 Å². The quantitative estimate of drug-likeness (QED) is 0.827. The molecule has 1 aliphatic heterocycles. The Hall–Kier alpha value is -1.09. The summed E-state index contributed by atoms with van der Waals surface area (Å²) in [6.07, 6.45) is 2.41. The fourth-order valence-electron chi connectivity index (χ4n) is 2.25. The third-order valence-electron chi connectivity index (χ3n) is 3.45. The Morgan fingerprint density at radius 1 is 1.44 bits per heavy atom. The van der Waals surface area contributed by atoms with Crippen molar-refractivity contribution in [3.63, 3.8) is 0 Å². The van der Waals surface area contributed by atoms with Gasteiger partial charge in [-0.25, -0.2) is 4.98 Å². The molecule has 1 fully saturated rings. The molecule has 0 saturated carbocycles. The maximum atomic E-state index is 4.49. The summed E-state index contributed by atoms with van der Waals surface area (Å²) < 4.78 is 0. The SMILES string of the molecule is Cc1cccc(NC2CCN(C)C(C)C2)n1. The summed E-state index contributed by atoms with van der Waals surface area (Å²) in [5.41, 5.74) is 1.07. The van der Waals surface area contributed by atoms with Gasteiger partial charge in [0, 0.05) is 24.3 Å². The third kappa shape index (κ3) is 2.73. The maximum absolute atomic E-state index is 4.49. The van der Waals surface area contributed by atoms with E-state index in [0.717, 1.165) is 11.5 Å². The van der Waals surface area contributed by atoms with Crippen LogP contribution >= 0.6 is 0 Å². The first kappa shape index (κ1) is 11.4. The van der Waals surface area contributed by atoms with Crippen LogP contribution in [0, 0.1) is 6.92 Å². The molecular weight excluding hydrogens is 198 g/mol. The molecule has 1 N–H and O–H groups in total. The Balaban J connectivity index is 1.95.